The lowest BCUT2D eigenvalue weighted by Gasteiger charge is -2.03. The highest BCUT2D eigenvalue weighted by molar-refractivity contribution is 5.94. The summed E-state index contributed by atoms with van der Waals surface area (Å²) in [6.45, 7) is 5.55. The highest BCUT2D eigenvalue weighted by Crippen LogP contribution is 1.94. The van der Waals surface area contributed by atoms with Gasteiger partial charge in [-0.3, -0.25) is 0 Å². The first-order valence-corrected chi connectivity index (χ1v) is 2.46. The fourth-order valence-corrected chi connectivity index (χ4v) is 0.541. The van der Waals surface area contributed by atoms with Gasteiger partial charge in [-0.05, 0) is 13.0 Å². The van der Waals surface area contributed by atoms with Gasteiger partial charge in [0.1, 0.15) is 5.82 Å². The third kappa shape index (κ3) is 0.964. The van der Waals surface area contributed by atoms with Crippen molar-refractivity contribution >= 4 is 5.71 Å². The summed E-state index contributed by atoms with van der Waals surface area (Å²) in [7, 11) is 0. The smallest absolute Gasteiger partial charge is 0.122 e. The molecule has 0 aromatic carbocycles. The molecule has 0 amide bonds. The summed E-state index contributed by atoms with van der Waals surface area (Å²) in [6, 6.07) is 0. The van der Waals surface area contributed by atoms with Crippen molar-refractivity contribution in [2.24, 2.45) is 4.99 Å². The van der Waals surface area contributed by atoms with Gasteiger partial charge >= 0.3 is 0 Å². The molecule has 0 bridgehead atoms. The molecule has 2 heteroatoms. The maximum Gasteiger partial charge on any atom is 0.122 e. The normalized spacial score (nSPS) is 17.6. The Morgan fingerprint density at radius 2 is 2.50 bits per heavy atom. The third-order valence-electron chi connectivity index (χ3n) is 0.886. The predicted molar refractivity (Wildman–Crippen MR) is 34.5 cm³/mol. The largest absolute Gasteiger partial charge is 0.347 e. The van der Waals surface area contributed by atoms with Crippen LogP contribution in [-0.2, 0) is 0 Å². The van der Waals surface area contributed by atoms with Crippen molar-refractivity contribution in [2.45, 2.75) is 6.92 Å². The zero-order chi connectivity index (χ0) is 5.98. The lowest BCUT2D eigenvalue weighted by atomic mass is 10.4. The zero-order valence-corrected chi connectivity index (χ0v) is 4.81. The van der Waals surface area contributed by atoms with E-state index in [-0.39, 0.29) is 0 Å². The summed E-state index contributed by atoms with van der Waals surface area (Å²) in [5.74, 6) is 0.713. The first-order chi connectivity index (χ1) is 3.79. The fourth-order valence-electron chi connectivity index (χ4n) is 0.541. The quantitative estimate of drug-likeness (QED) is 0.492. The van der Waals surface area contributed by atoms with Crippen LogP contribution in [0.5, 0.6) is 0 Å². The summed E-state index contributed by atoms with van der Waals surface area (Å²) >= 11 is 0. The Balaban J connectivity index is 2.77. The van der Waals surface area contributed by atoms with Crippen LogP contribution in [0.3, 0.4) is 0 Å². The molecule has 42 valence electrons. The predicted octanol–water partition coefficient (Wildman–Crippen LogP) is 1.04. The summed E-state index contributed by atoms with van der Waals surface area (Å²) in [5, 5.41) is 2.85. The number of nitrogens with one attached hydrogen (secondary N) is 1. The second-order valence-corrected chi connectivity index (χ2v) is 1.68. The van der Waals surface area contributed by atoms with Gasteiger partial charge in [-0.25, -0.2) is 4.99 Å². The van der Waals surface area contributed by atoms with Crippen LogP contribution in [0.1, 0.15) is 6.92 Å². The van der Waals surface area contributed by atoms with Gasteiger partial charge < -0.3 is 5.32 Å². The second-order valence-electron chi connectivity index (χ2n) is 1.68. The Kier molecular flexibility index (Phi) is 1.16. The molecule has 0 unspecified atom stereocenters. The average Bonchev–Trinajstić information content (AvgIpc) is 1.64. The van der Waals surface area contributed by atoms with Crippen LogP contribution in [0.25, 0.3) is 0 Å². The number of allylic oxidation sites excluding steroid dienone is 1. The maximum absolute atomic E-state index is 4.01. The van der Waals surface area contributed by atoms with Crippen molar-refractivity contribution in [1.29, 1.82) is 0 Å². The van der Waals surface area contributed by atoms with Crippen LogP contribution in [0, 0.1) is 0 Å². The number of aliphatic imine (C=N–C) groups is 1. The standard InChI is InChI=1S/C6H8N2/c1-5-3-4-7-6(2)8-5/h3-4,7H,2H2,1H3. The van der Waals surface area contributed by atoms with Gasteiger partial charge in [-0.15, -0.1) is 0 Å². The molecule has 0 saturated carbocycles. The minimum Gasteiger partial charge on any atom is -0.347 e. The molecule has 0 atom stereocenters. The molecule has 1 heterocycles. The summed E-state index contributed by atoms with van der Waals surface area (Å²) in [6.07, 6.45) is 3.72. The van der Waals surface area contributed by atoms with E-state index in [1.54, 1.807) is 0 Å². The topological polar surface area (TPSA) is 24.4 Å². The molecule has 1 rings (SSSR count). The number of nitrogens with zero attached hydrogens (tertiary/aromatic N) is 1. The molecular weight excluding hydrogens is 100 g/mol. The minimum absolute atomic E-state index is 0.713. The van der Waals surface area contributed by atoms with Gasteiger partial charge in [-0.1, -0.05) is 6.58 Å². The van der Waals surface area contributed by atoms with E-state index in [1.807, 2.05) is 19.2 Å². The van der Waals surface area contributed by atoms with Crippen molar-refractivity contribution in [2.75, 3.05) is 0 Å². The highest BCUT2D eigenvalue weighted by atomic mass is 15.0. The molecule has 1 aliphatic rings. The lowest BCUT2D eigenvalue weighted by Crippen LogP contribution is -2.07. The molecule has 0 spiro atoms. The van der Waals surface area contributed by atoms with Gasteiger partial charge in [0.05, 0.1) is 0 Å². The van der Waals surface area contributed by atoms with E-state index in [1.165, 1.54) is 0 Å². The highest BCUT2D eigenvalue weighted by Gasteiger charge is 1.91. The van der Waals surface area contributed by atoms with E-state index in [0.29, 0.717) is 5.82 Å². The van der Waals surface area contributed by atoms with E-state index in [9.17, 15) is 0 Å². The third-order valence-corrected chi connectivity index (χ3v) is 0.886. The molecule has 0 saturated heterocycles. The van der Waals surface area contributed by atoms with Crippen molar-refractivity contribution in [1.82, 2.24) is 5.32 Å². The number of hydrogen-bond donors (Lipinski definition) is 1. The minimum atomic E-state index is 0.713. The van der Waals surface area contributed by atoms with E-state index in [4.69, 9.17) is 0 Å². The number of hydrogen-bond acceptors (Lipinski definition) is 2. The molecule has 0 aromatic heterocycles. The van der Waals surface area contributed by atoms with Gasteiger partial charge in [0.2, 0.25) is 0 Å². The van der Waals surface area contributed by atoms with Crippen LogP contribution in [-0.4, -0.2) is 5.71 Å². The molecular formula is C6H8N2. The summed E-state index contributed by atoms with van der Waals surface area (Å²) in [5.41, 5.74) is 0.994. The van der Waals surface area contributed by atoms with Crippen LogP contribution in [0.15, 0.2) is 29.7 Å². The Hall–Kier alpha value is -1.05. The van der Waals surface area contributed by atoms with E-state index in [0.717, 1.165) is 5.71 Å². The van der Waals surface area contributed by atoms with Gasteiger partial charge in [-0.2, -0.15) is 0 Å². The lowest BCUT2D eigenvalue weighted by molar-refractivity contribution is 1.02. The maximum atomic E-state index is 4.01. The Labute approximate surface area is 48.6 Å². The Bertz CT molecular complexity index is 165. The summed E-state index contributed by atoms with van der Waals surface area (Å²) < 4.78 is 0. The molecule has 0 fully saturated rings. The van der Waals surface area contributed by atoms with Gasteiger partial charge in [0.15, 0.2) is 0 Å². The van der Waals surface area contributed by atoms with Crippen molar-refractivity contribution in [3.05, 3.63) is 24.7 Å². The van der Waals surface area contributed by atoms with E-state index < -0.39 is 0 Å². The van der Waals surface area contributed by atoms with Gasteiger partial charge in [0.25, 0.3) is 0 Å². The SMILES string of the molecule is C=C1N=C(C)C=CN1. The summed E-state index contributed by atoms with van der Waals surface area (Å²) in [4.78, 5) is 4.01. The monoisotopic (exact) mass is 108 g/mol. The van der Waals surface area contributed by atoms with Crippen molar-refractivity contribution in [3.8, 4) is 0 Å². The van der Waals surface area contributed by atoms with E-state index >= 15 is 0 Å². The van der Waals surface area contributed by atoms with Crippen molar-refractivity contribution in [3.63, 3.8) is 0 Å². The van der Waals surface area contributed by atoms with Crippen molar-refractivity contribution < 1.29 is 0 Å². The number of rotatable bonds is 0. The first-order valence-electron chi connectivity index (χ1n) is 2.46. The zero-order valence-electron chi connectivity index (χ0n) is 4.81. The molecule has 1 aliphatic heterocycles. The molecule has 0 radical (unpaired) electrons. The molecule has 8 heavy (non-hydrogen) atoms. The van der Waals surface area contributed by atoms with E-state index in [2.05, 4.69) is 16.9 Å². The Morgan fingerprint density at radius 1 is 1.75 bits per heavy atom. The average molecular weight is 108 g/mol. The van der Waals surface area contributed by atoms with Crippen LogP contribution in [0.4, 0.5) is 0 Å². The molecule has 1 N–H and O–H groups in total. The fraction of sp³-hybridized carbons (Fsp3) is 0.167. The van der Waals surface area contributed by atoms with Crippen LogP contribution >= 0.6 is 0 Å². The first kappa shape index (κ1) is 5.09. The molecule has 2 nitrogen and oxygen atoms in total. The van der Waals surface area contributed by atoms with Crippen LogP contribution in [0.2, 0.25) is 0 Å². The van der Waals surface area contributed by atoms with Crippen LogP contribution < -0.4 is 5.32 Å². The second kappa shape index (κ2) is 1.82. The molecule has 0 aromatic rings. The molecule has 0 aliphatic carbocycles. The Morgan fingerprint density at radius 3 is 2.88 bits per heavy atom. The van der Waals surface area contributed by atoms with Gasteiger partial charge in [0, 0.05) is 11.9 Å².